The van der Waals surface area contributed by atoms with Crippen LogP contribution in [-0.4, -0.2) is 24.5 Å². The lowest BCUT2D eigenvalue weighted by atomic mass is 10.0. The van der Waals surface area contributed by atoms with Gasteiger partial charge in [0.1, 0.15) is 0 Å². The molecule has 0 radical (unpaired) electrons. The average Bonchev–Trinajstić information content (AvgIpc) is 2.52. The quantitative estimate of drug-likeness (QED) is 0.469. The molecule has 0 aromatic carbocycles. The minimum absolute atomic E-state index is 0.673. The van der Waals surface area contributed by atoms with Gasteiger partial charge in [0.15, 0.2) is 0 Å². The molecular weight excluding hydrogens is 158 g/mol. The standard InChI is InChI=1S/C9H18ClN/c1-11(8-10)7-6-9-4-2-3-5-9/h9H,2-8H2,1H3. The molecule has 0 saturated heterocycles. The van der Waals surface area contributed by atoms with E-state index < -0.39 is 0 Å². The summed E-state index contributed by atoms with van der Waals surface area (Å²) in [5.74, 6) is 1.00. The van der Waals surface area contributed by atoms with Crippen LogP contribution in [0.2, 0.25) is 0 Å². The summed E-state index contributed by atoms with van der Waals surface area (Å²) in [6.45, 7) is 1.17. The predicted molar refractivity (Wildman–Crippen MR) is 49.9 cm³/mol. The Balaban J connectivity index is 2.01. The molecule has 1 fully saturated rings. The van der Waals surface area contributed by atoms with Crippen LogP contribution in [0.4, 0.5) is 0 Å². The highest BCUT2D eigenvalue weighted by Crippen LogP contribution is 2.27. The molecule has 1 aliphatic rings. The first-order valence-electron chi connectivity index (χ1n) is 4.57. The Labute approximate surface area is 74.7 Å². The Morgan fingerprint density at radius 3 is 2.55 bits per heavy atom. The average molecular weight is 176 g/mol. The first-order valence-corrected chi connectivity index (χ1v) is 5.11. The molecule has 0 aromatic heterocycles. The maximum absolute atomic E-state index is 5.66. The monoisotopic (exact) mass is 175 g/mol. The molecule has 11 heavy (non-hydrogen) atoms. The van der Waals surface area contributed by atoms with Crippen molar-refractivity contribution in [3.8, 4) is 0 Å². The van der Waals surface area contributed by atoms with Gasteiger partial charge in [0.25, 0.3) is 0 Å². The minimum atomic E-state index is 0.673. The van der Waals surface area contributed by atoms with Gasteiger partial charge in [-0.15, -0.1) is 11.6 Å². The van der Waals surface area contributed by atoms with Crippen LogP contribution in [-0.2, 0) is 0 Å². The molecule has 0 aromatic rings. The van der Waals surface area contributed by atoms with Crippen molar-refractivity contribution in [2.45, 2.75) is 32.1 Å². The van der Waals surface area contributed by atoms with Crippen molar-refractivity contribution >= 4 is 11.6 Å². The summed E-state index contributed by atoms with van der Waals surface area (Å²) < 4.78 is 0. The molecule has 66 valence electrons. The highest BCUT2D eigenvalue weighted by Gasteiger charge is 2.14. The fourth-order valence-corrected chi connectivity index (χ4v) is 1.88. The van der Waals surface area contributed by atoms with E-state index in [2.05, 4.69) is 11.9 Å². The van der Waals surface area contributed by atoms with Gasteiger partial charge in [-0.2, -0.15) is 0 Å². The van der Waals surface area contributed by atoms with E-state index in [1.54, 1.807) is 0 Å². The van der Waals surface area contributed by atoms with Crippen molar-refractivity contribution in [1.82, 2.24) is 4.90 Å². The van der Waals surface area contributed by atoms with E-state index in [4.69, 9.17) is 11.6 Å². The van der Waals surface area contributed by atoms with Gasteiger partial charge >= 0.3 is 0 Å². The van der Waals surface area contributed by atoms with E-state index in [1.807, 2.05) is 0 Å². The van der Waals surface area contributed by atoms with Crippen molar-refractivity contribution in [2.24, 2.45) is 5.92 Å². The fourth-order valence-electron chi connectivity index (χ4n) is 1.76. The van der Waals surface area contributed by atoms with Crippen molar-refractivity contribution in [2.75, 3.05) is 19.6 Å². The Bertz CT molecular complexity index is 99.7. The second-order valence-corrected chi connectivity index (χ2v) is 3.88. The fraction of sp³-hybridized carbons (Fsp3) is 1.00. The van der Waals surface area contributed by atoms with Crippen LogP contribution in [0.15, 0.2) is 0 Å². The van der Waals surface area contributed by atoms with Crippen LogP contribution in [0.3, 0.4) is 0 Å². The molecule has 1 nitrogen and oxygen atoms in total. The summed E-state index contributed by atoms with van der Waals surface area (Å²) in [6.07, 6.45) is 7.17. The van der Waals surface area contributed by atoms with E-state index >= 15 is 0 Å². The van der Waals surface area contributed by atoms with Crippen molar-refractivity contribution < 1.29 is 0 Å². The number of halogens is 1. The molecule has 1 aliphatic carbocycles. The number of hydrogen-bond acceptors (Lipinski definition) is 1. The summed E-state index contributed by atoms with van der Waals surface area (Å²) in [5, 5.41) is 0. The summed E-state index contributed by atoms with van der Waals surface area (Å²) in [7, 11) is 2.09. The summed E-state index contributed by atoms with van der Waals surface area (Å²) in [6, 6.07) is 0.673. The second kappa shape index (κ2) is 5.00. The first-order chi connectivity index (χ1) is 5.33. The smallest absolute Gasteiger partial charge is 0.0735 e. The zero-order valence-corrected chi connectivity index (χ0v) is 8.11. The zero-order valence-electron chi connectivity index (χ0n) is 7.35. The van der Waals surface area contributed by atoms with Gasteiger partial charge in [-0.05, 0) is 25.9 Å². The SMILES string of the molecule is CN(CCl)CCC1CCCC1. The van der Waals surface area contributed by atoms with E-state index in [0.717, 1.165) is 5.92 Å². The Kier molecular flexibility index (Phi) is 4.24. The van der Waals surface area contributed by atoms with Crippen LogP contribution in [0.1, 0.15) is 32.1 Å². The number of rotatable bonds is 4. The molecule has 0 bridgehead atoms. The van der Waals surface area contributed by atoms with Crippen molar-refractivity contribution in [3.05, 3.63) is 0 Å². The van der Waals surface area contributed by atoms with Crippen molar-refractivity contribution in [1.29, 1.82) is 0 Å². The maximum atomic E-state index is 5.66. The number of hydrogen-bond donors (Lipinski definition) is 0. The largest absolute Gasteiger partial charge is 0.293 e. The van der Waals surface area contributed by atoms with Gasteiger partial charge in [0.05, 0.1) is 6.00 Å². The molecule has 0 spiro atoms. The van der Waals surface area contributed by atoms with E-state index in [1.165, 1.54) is 38.6 Å². The highest BCUT2D eigenvalue weighted by molar-refractivity contribution is 6.17. The van der Waals surface area contributed by atoms with E-state index in [0.29, 0.717) is 6.00 Å². The normalized spacial score (nSPS) is 19.9. The molecule has 0 atom stereocenters. The highest BCUT2D eigenvalue weighted by atomic mass is 35.5. The Morgan fingerprint density at radius 2 is 2.00 bits per heavy atom. The lowest BCUT2D eigenvalue weighted by molar-refractivity contribution is 0.339. The summed E-state index contributed by atoms with van der Waals surface area (Å²) in [5.41, 5.74) is 0. The number of nitrogens with zero attached hydrogens (tertiary/aromatic N) is 1. The third kappa shape index (κ3) is 3.44. The molecule has 0 amide bonds. The van der Waals surface area contributed by atoms with Gasteiger partial charge < -0.3 is 0 Å². The third-order valence-electron chi connectivity index (χ3n) is 2.60. The lowest BCUT2D eigenvalue weighted by Crippen LogP contribution is -2.19. The Hall–Kier alpha value is 0.250. The predicted octanol–water partition coefficient (Wildman–Crippen LogP) is 2.69. The molecule has 0 N–H and O–H groups in total. The maximum Gasteiger partial charge on any atom is 0.0735 e. The van der Waals surface area contributed by atoms with Crippen LogP contribution < -0.4 is 0 Å². The van der Waals surface area contributed by atoms with Crippen LogP contribution in [0, 0.1) is 5.92 Å². The molecule has 0 unspecified atom stereocenters. The molecule has 1 rings (SSSR count). The number of alkyl halides is 1. The molecule has 1 saturated carbocycles. The van der Waals surface area contributed by atoms with Gasteiger partial charge in [-0.1, -0.05) is 25.7 Å². The molecular formula is C9H18ClN. The molecule has 2 heteroatoms. The zero-order chi connectivity index (χ0) is 8.10. The first kappa shape index (κ1) is 9.34. The summed E-state index contributed by atoms with van der Waals surface area (Å²) in [4.78, 5) is 2.18. The van der Waals surface area contributed by atoms with Gasteiger partial charge in [0.2, 0.25) is 0 Å². The topological polar surface area (TPSA) is 3.24 Å². The van der Waals surface area contributed by atoms with Crippen molar-refractivity contribution in [3.63, 3.8) is 0 Å². The Morgan fingerprint density at radius 1 is 1.36 bits per heavy atom. The van der Waals surface area contributed by atoms with E-state index in [9.17, 15) is 0 Å². The van der Waals surface area contributed by atoms with Crippen LogP contribution in [0.5, 0.6) is 0 Å². The molecule has 0 heterocycles. The second-order valence-electron chi connectivity index (χ2n) is 3.64. The van der Waals surface area contributed by atoms with Crippen LogP contribution >= 0.6 is 11.6 Å². The minimum Gasteiger partial charge on any atom is -0.293 e. The molecule has 0 aliphatic heterocycles. The lowest BCUT2D eigenvalue weighted by Gasteiger charge is -2.15. The van der Waals surface area contributed by atoms with Gasteiger partial charge in [-0.3, -0.25) is 4.90 Å². The van der Waals surface area contributed by atoms with Gasteiger partial charge in [0, 0.05) is 0 Å². The van der Waals surface area contributed by atoms with E-state index in [-0.39, 0.29) is 0 Å². The summed E-state index contributed by atoms with van der Waals surface area (Å²) >= 11 is 5.66. The van der Waals surface area contributed by atoms with Crippen LogP contribution in [0.25, 0.3) is 0 Å². The third-order valence-corrected chi connectivity index (χ3v) is 3.01. The van der Waals surface area contributed by atoms with Gasteiger partial charge in [-0.25, -0.2) is 0 Å².